The first-order valence-electron chi connectivity index (χ1n) is 15.4. The molecule has 0 bridgehead atoms. The van der Waals surface area contributed by atoms with Crippen LogP contribution < -0.4 is 5.32 Å². The molecule has 1 aromatic heterocycles. The Bertz CT molecular complexity index is 1340. The molecule has 13 nitrogen and oxygen atoms in total. The summed E-state index contributed by atoms with van der Waals surface area (Å²) >= 11 is 0. The average Bonchev–Trinajstić information content (AvgIpc) is 3.08. The number of aliphatic carboxylic acids is 1. The number of unbranched alkanes of at least 4 members (excludes halogenated alkanes) is 2. The van der Waals surface area contributed by atoms with Crippen molar-refractivity contribution in [3.63, 3.8) is 0 Å². The molecule has 0 unspecified atom stereocenters. The van der Waals surface area contributed by atoms with Gasteiger partial charge in [-0.05, 0) is 25.0 Å². The largest absolute Gasteiger partial charge is 0.481 e. The number of ether oxygens (including phenoxy) is 2. The second-order valence-corrected chi connectivity index (χ2v) is 11.0. The minimum Gasteiger partial charge on any atom is -0.481 e. The first-order chi connectivity index (χ1) is 21.8. The van der Waals surface area contributed by atoms with Gasteiger partial charge in [0.1, 0.15) is 11.7 Å². The van der Waals surface area contributed by atoms with E-state index in [9.17, 15) is 29.1 Å². The normalized spacial score (nSPS) is 15.7. The number of nitrogens with zero attached hydrogens (tertiary/aromatic N) is 4. The highest BCUT2D eigenvalue weighted by Crippen LogP contribution is 2.21. The number of benzene rings is 1. The van der Waals surface area contributed by atoms with Crippen LogP contribution in [-0.2, 0) is 19.1 Å². The van der Waals surface area contributed by atoms with Gasteiger partial charge in [0.15, 0.2) is 0 Å². The van der Waals surface area contributed by atoms with Gasteiger partial charge in [0.05, 0.1) is 25.5 Å². The van der Waals surface area contributed by atoms with Crippen LogP contribution >= 0.6 is 0 Å². The van der Waals surface area contributed by atoms with Crippen molar-refractivity contribution in [2.24, 2.45) is 0 Å². The number of carbonyl (C=O) groups is 5. The molecule has 2 aromatic rings. The number of hydrogen-bond acceptors (Lipinski definition) is 8. The van der Waals surface area contributed by atoms with Gasteiger partial charge in [-0.15, -0.1) is 0 Å². The molecule has 2 aliphatic heterocycles. The van der Waals surface area contributed by atoms with Crippen molar-refractivity contribution in [3.05, 3.63) is 53.7 Å². The molecule has 2 fully saturated rings. The number of rotatable bonds is 12. The Balaban J connectivity index is 1.49. The van der Waals surface area contributed by atoms with Crippen LogP contribution in [-0.4, -0.2) is 120 Å². The summed E-state index contributed by atoms with van der Waals surface area (Å²) in [5.74, 6) is -2.54. The summed E-state index contributed by atoms with van der Waals surface area (Å²) in [5, 5.41) is 12.0. The maximum Gasteiger partial charge on any atom is 0.409 e. The van der Waals surface area contributed by atoms with Gasteiger partial charge >= 0.3 is 12.1 Å². The summed E-state index contributed by atoms with van der Waals surface area (Å²) in [6, 6.07) is 11.0. The number of piperazine rings is 1. The SMILES string of the molecule is CCCCCOC(=O)N1CCN(C(=O)[C@H](CCC(=O)O)NC(=O)c2cc(C(=O)N3CCOCC3)cc(-c3ccccc3)n2)CC1. The second kappa shape index (κ2) is 16.5. The molecule has 3 heterocycles. The van der Waals surface area contributed by atoms with Crippen molar-refractivity contribution in [2.75, 3.05) is 59.1 Å². The van der Waals surface area contributed by atoms with E-state index in [-0.39, 0.29) is 56.2 Å². The van der Waals surface area contributed by atoms with Crippen LogP contribution in [0.5, 0.6) is 0 Å². The lowest BCUT2D eigenvalue weighted by molar-refractivity contribution is -0.138. The highest BCUT2D eigenvalue weighted by Gasteiger charge is 2.32. The van der Waals surface area contributed by atoms with Crippen LogP contribution in [0.15, 0.2) is 42.5 Å². The van der Waals surface area contributed by atoms with E-state index >= 15 is 0 Å². The molecule has 1 aromatic carbocycles. The van der Waals surface area contributed by atoms with E-state index < -0.39 is 29.9 Å². The van der Waals surface area contributed by atoms with Crippen molar-refractivity contribution in [1.29, 1.82) is 0 Å². The Morgan fingerprint density at radius 1 is 0.933 bits per heavy atom. The number of pyridine rings is 1. The zero-order chi connectivity index (χ0) is 32.2. The molecule has 0 spiro atoms. The summed E-state index contributed by atoms with van der Waals surface area (Å²) in [5.41, 5.74) is 1.30. The maximum absolute atomic E-state index is 13.6. The third-order valence-electron chi connectivity index (χ3n) is 7.75. The van der Waals surface area contributed by atoms with Crippen LogP contribution in [0.4, 0.5) is 4.79 Å². The van der Waals surface area contributed by atoms with Gasteiger partial charge in [-0.2, -0.15) is 0 Å². The zero-order valence-corrected chi connectivity index (χ0v) is 25.6. The van der Waals surface area contributed by atoms with E-state index in [2.05, 4.69) is 17.2 Å². The van der Waals surface area contributed by atoms with E-state index in [0.29, 0.717) is 44.2 Å². The number of carboxylic acids is 1. The van der Waals surface area contributed by atoms with Crippen LogP contribution in [0.2, 0.25) is 0 Å². The molecule has 1 atom stereocenters. The minimum absolute atomic E-state index is 0.0725. The van der Waals surface area contributed by atoms with E-state index in [1.807, 2.05) is 30.3 Å². The molecule has 13 heteroatoms. The van der Waals surface area contributed by atoms with Crippen molar-refractivity contribution in [1.82, 2.24) is 25.0 Å². The number of nitrogens with one attached hydrogen (secondary N) is 1. The Morgan fingerprint density at radius 2 is 1.62 bits per heavy atom. The Labute approximate surface area is 262 Å². The lowest BCUT2D eigenvalue weighted by atomic mass is 10.1. The smallest absolute Gasteiger partial charge is 0.409 e. The lowest BCUT2D eigenvalue weighted by Gasteiger charge is -2.36. The lowest BCUT2D eigenvalue weighted by Crippen LogP contribution is -2.56. The summed E-state index contributed by atoms with van der Waals surface area (Å²) < 4.78 is 10.7. The summed E-state index contributed by atoms with van der Waals surface area (Å²) in [7, 11) is 0. The van der Waals surface area contributed by atoms with E-state index in [1.165, 1.54) is 15.9 Å². The quantitative estimate of drug-likeness (QED) is 0.339. The first kappa shape index (κ1) is 33.4. The summed E-state index contributed by atoms with van der Waals surface area (Å²) in [4.78, 5) is 73.6. The molecule has 2 N–H and O–H groups in total. The van der Waals surface area contributed by atoms with Crippen LogP contribution in [0.1, 0.15) is 59.9 Å². The number of hydrogen-bond donors (Lipinski definition) is 2. The highest BCUT2D eigenvalue weighted by atomic mass is 16.6. The number of carbonyl (C=O) groups excluding carboxylic acids is 4. The molecule has 45 heavy (non-hydrogen) atoms. The van der Waals surface area contributed by atoms with Crippen molar-refractivity contribution < 1.29 is 38.6 Å². The van der Waals surface area contributed by atoms with Gasteiger partial charge < -0.3 is 34.6 Å². The monoisotopic (exact) mass is 623 g/mol. The molecular weight excluding hydrogens is 582 g/mol. The van der Waals surface area contributed by atoms with Gasteiger partial charge in [0.2, 0.25) is 5.91 Å². The molecule has 2 saturated heterocycles. The topological polar surface area (TPSA) is 159 Å². The van der Waals surface area contributed by atoms with Gasteiger partial charge in [-0.1, -0.05) is 50.1 Å². The maximum atomic E-state index is 13.6. The van der Waals surface area contributed by atoms with Crippen molar-refractivity contribution in [2.45, 2.75) is 45.1 Å². The number of aromatic nitrogens is 1. The molecular formula is C32H41N5O8. The zero-order valence-electron chi connectivity index (χ0n) is 25.6. The van der Waals surface area contributed by atoms with Crippen LogP contribution in [0.3, 0.4) is 0 Å². The predicted molar refractivity (Wildman–Crippen MR) is 164 cm³/mol. The molecule has 0 saturated carbocycles. The molecule has 2 aliphatic rings. The molecule has 242 valence electrons. The van der Waals surface area contributed by atoms with E-state index in [0.717, 1.165) is 19.3 Å². The molecule has 0 radical (unpaired) electrons. The molecule has 4 rings (SSSR count). The predicted octanol–water partition coefficient (Wildman–Crippen LogP) is 2.66. The fourth-order valence-electron chi connectivity index (χ4n) is 5.17. The number of amides is 4. The third-order valence-corrected chi connectivity index (χ3v) is 7.75. The fourth-order valence-corrected chi connectivity index (χ4v) is 5.17. The Hall–Kier alpha value is -4.52. The van der Waals surface area contributed by atoms with E-state index in [4.69, 9.17) is 9.47 Å². The fraction of sp³-hybridized carbons (Fsp3) is 0.500. The standard InChI is InChI=1S/C32H41N5O8/c1-2-3-7-18-45-32(43)37-14-12-35(13-15-37)31(42)25(10-11-28(38)39)34-29(40)27-22-24(30(41)36-16-19-44-20-17-36)21-26(33-27)23-8-5-4-6-9-23/h4-6,8-9,21-22,25H,2-3,7,10-20H2,1H3,(H,34,40)(H,38,39)/t25-/m0/s1. The van der Waals surface area contributed by atoms with E-state index in [1.54, 1.807) is 11.0 Å². The van der Waals surface area contributed by atoms with Crippen LogP contribution in [0.25, 0.3) is 11.3 Å². The molecule has 0 aliphatic carbocycles. The second-order valence-electron chi connectivity index (χ2n) is 11.0. The third kappa shape index (κ3) is 9.48. The number of morpholine rings is 1. The Morgan fingerprint density at radius 3 is 2.29 bits per heavy atom. The van der Waals surface area contributed by atoms with Crippen LogP contribution in [0, 0.1) is 0 Å². The van der Waals surface area contributed by atoms with Gasteiger partial charge in [0, 0.05) is 56.8 Å². The number of carboxylic acid groups (broad SMARTS) is 1. The molecule has 4 amide bonds. The minimum atomic E-state index is -1.15. The Kier molecular flexibility index (Phi) is 12.3. The summed E-state index contributed by atoms with van der Waals surface area (Å²) in [6.07, 6.45) is 1.85. The van der Waals surface area contributed by atoms with Crippen molar-refractivity contribution >= 4 is 29.8 Å². The highest BCUT2D eigenvalue weighted by molar-refractivity contribution is 6.01. The average molecular weight is 624 g/mol. The first-order valence-corrected chi connectivity index (χ1v) is 15.4. The van der Waals surface area contributed by atoms with Crippen molar-refractivity contribution in [3.8, 4) is 11.3 Å². The van der Waals surface area contributed by atoms with Gasteiger partial charge in [0.25, 0.3) is 11.8 Å². The summed E-state index contributed by atoms with van der Waals surface area (Å²) in [6.45, 7) is 5.00. The van der Waals surface area contributed by atoms with Gasteiger partial charge in [-0.25, -0.2) is 9.78 Å². The van der Waals surface area contributed by atoms with Gasteiger partial charge in [-0.3, -0.25) is 19.2 Å².